The number of ether oxygens (including phenoxy) is 1. The van der Waals surface area contributed by atoms with Crippen LogP contribution < -0.4 is 14.8 Å². The van der Waals surface area contributed by atoms with Crippen molar-refractivity contribution < 1.29 is 17.9 Å². The van der Waals surface area contributed by atoms with Crippen LogP contribution in [0.1, 0.15) is 6.42 Å². The van der Waals surface area contributed by atoms with Crippen molar-refractivity contribution in [3.05, 3.63) is 11.3 Å². The van der Waals surface area contributed by atoms with Crippen LogP contribution in [0.2, 0.25) is 5.15 Å². The molecule has 2 N–H and O–H groups in total. The Bertz CT molecular complexity index is 636. The van der Waals surface area contributed by atoms with Gasteiger partial charge in [0.2, 0.25) is 15.9 Å². The molecule has 20 heavy (non-hydrogen) atoms. The molecule has 1 aliphatic rings. The van der Waals surface area contributed by atoms with E-state index in [0.29, 0.717) is 0 Å². The maximum Gasteiger partial charge on any atom is 0.259 e. The second kappa shape index (κ2) is 5.51. The Kier molecular flexibility index (Phi) is 4.11. The van der Waals surface area contributed by atoms with Crippen LogP contribution in [0.25, 0.3) is 0 Å². The highest BCUT2D eigenvalue weighted by molar-refractivity contribution is 7.89. The number of carbonyl (C=O) groups excluding carboxylic acids is 1. The minimum absolute atomic E-state index is 0.0872. The first kappa shape index (κ1) is 14.9. The fourth-order valence-electron chi connectivity index (χ4n) is 2.09. The monoisotopic (exact) mass is 320 g/mol. The van der Waals surface area contributed by atoms with Gasteiger partial charge in [-0.15, -0.1) is 0 Å². The third-order valence-corrected chi connectivity index (χ3v) is 3.93. The second-order valence-electron chi connectivity index (χ2n) is 4.43. The lowest BCUT2D eigenvalue weighted by atomic mass is 10.1. The molecule has 2 heterocycles. The minimum Gasteiger partial charge on any atom is -0.478 e. The number of anilines is 1. The maximum atomic E-state index is 12.0. The van der Waals surface area contributed by atoms with E-state index < -0.39 is 10.0 Å². The summed E-state index contributed by atoms with van der Waals surface area (Å²) in [5.74, 6) is -0.548. The lowest BCUT2D eigenvalue weighted by Crippen LogP contribution is -2.28. The van der Waals surface area contributed by atoms with Crippen LogP contribution in [0.5, 0.6) is 5.88 Å². The predicted molar refractivity (Wildman–Crippen MR) is 72.0 cm³/mol. The van der Waals surface area contributed by atoms with Gasteiger partial charge in [-0.1, -0.05) is 11.6 Å². The number of methoxy groups -OCH3 is 1. The molecule has 0 bridgehead atoms. The van der Waals surface area contributed by atoms with Gasteiger partial charge in [-0.05, 0) is 0 Å². The van der Waals surface area contributed by atoms with Crippen molar-refractivity contribution in [1.29, 1.82) is 0 Å². The Balaban J connectivity index is 2.24. The van der Waals surface area contributed by atoms with E-state index in [-0.39, 0.29) is 47.4 Å². The first-order valence-corrected chi connectivity index (χ1v) is 7.77. The Hall–Kier alpha value is -1.45. The topological polar surface area (TPSA) is 115 Å². The third-order valence-electron chi connectivity index (χ3n) is 2.82. The van der Waals surface area contributed by atoms with Gasteiger partial charge in [-0.2, -0.15) is 4.98 Å². The minimum atomic E-state index is -3.63. The molecule has 110 valence electrons. The predicted octanol–water partition coefficient (Wildman–Crippen LogP) is -0.220. The van der Waals surface area contributed by atoms with E-state index in [2.05, 4.69) is 9.97 Å². The Morgan fingerprint density at radius 1 is 1.60 bits per heavy atom. The molecule has 1 saturated heterocycles. The fraction of sp³-hybridized carbons (Fsp3) is 0.500. The molecular weight excluding hydrogens is 308 g/mol. The number of sulfonamides is 1. The van der Waals surface area contributed by atoms with E-state index in [4.69, 9.17) is 21.5 Å². The molecule has 0 aliphatic carbocycles. The molecule has 0 spiro atoms. The van der Waals surface area contributed by atoms with Gasteiger partial charge in [0.1, 0.15) is 0 Å². The highest BCUT2D eigenvalue weighted by Crippen LogP contribution is 2.30. The van der Waals surface area contributed by atoms with Crippen LogP contribution in [0.15, 0.2) is 6.20 Å². The molecule has 1 amide bonds. The van der Waals surface area contributed by atoms with Gasteiger partial charge in [0.05, 0.1) is 19.1 Å². The lowest BCUT2D eigenvalue weighted by Gasteiger charge is -2.17. The molecule has 8 nitrogen and oxygen atoms in total. The molecule has 0 aromatic carbocycles. The van der Waals surface area contributed by atoms with Crippen LogP contribution in [0.4, 0.5) is 5.82 Å². The van der Waals surface area contributed by atoms with Gasteiger partial charge in [-0.25, -0.2) is 18.5 Å². The summed E-state index contributed by atoms with van der Waals surface area (Å²) in [7, 11) is -2.25. The summed E-state index contributed by atoms with van der Waals surface area (Å²) in [6.07, 6.45) is 1.38. The van der Waals surface area contributed by atoms with Gasteiger partial charge in [0.25, 0.3) is 5.88 Å². The fourth-order valence-corrected chi connectivity index (χ4v) is 3.10. The molecule has 10 heteroatoms. The smallest absolute Gasteiger partial charge is 0.259 e. The van der Waals surface area contributed by atoms with E-state index in [1.807, 2.05) is 0 Å². The summed E-state index contributed by atoms with van der Waals surface area (Å²) in [5, 5.41) is 5.13. The van der Waals surface area contributed by atoms with Gasteiger partial charge in [0, 0.05) is 18.9 Å². The number of primary sulfonamides is 1. The molecule has 2 rings (SSSR count). The number of hydrogen-bond donors (Lipinski definition) is 1. The molecule has 0 radical (unpaired) electrons. The van der Waals surface area contributed by atoms with E-state index in [9.17, 15) is 13.2 Å². The zero-order valence-corrected chi connectivity index (χ0v) is 12.2. The summed E-state index contributed by atoms with van der Waals surface area (Å²) in [4.78, 5) is 21.2. The number of rotatable bonds is 4. The highest BCUT2D eigenvalue weighted by atomic mass is 35.5. The van der Waals surface area contributed by atoms with Crippen molar-refractivity contribution in [3.8, 4) is 5.88 Å². The summed E-state index contributed by atoms with van der Waals surface area (Å²) in [6.45, 7) is 0.196. The van der Waals surface area contributed by atoms with Crippen molar-refractivity contribution in [2.45, 2.75) is 6.42 Å². The standard InChI is InChI=1S/C10H13ClN4O4S/c1-19-10-9(13-3-7(11)14-10)15-4-6(2-8(15)16)5-20(12,17)18/h3,6H,2,4-5H2,1H3,(H2,12,17,18). The molecule has 1 aromatic heterocycles. The normalized spacial score (nSPS) is 19.4. The molecule has 0 saturated carbocycles. The Morgan fingerprint density at radius 2 is 2.30 bits per heavy atom. The summed E-state index contributed by atoms with van der Waals surface area (Å²) >= 11 is 5.70. The number of hydrogen-bond acceptors (Lipinski definition) is 6. The third kappa shape index (κ3) is 3.35. The number of nitrogens with two attached hydrogens (primary N) is 1. The van der Waals surface area contributed by atoms with Crippen molar-refractivity contribution in [3.63, 3.8) is 0 Å². The lowest BCUT2D eigenvalue weighted by molar-refractivity contribution is -0.117. The first-order chi connectivity index (χ1) is 9.30. The zero-order valence-electron chi connectivity index (χ0n) is 10.6. The average molecular weight is 321 g/mol. The van der Waals surface area contributed by atoms with E-state index in [1.165, 1.54) is 18.2 Å². The second-order valence-corrected chi connectivity index (χ2v) is 6.48. The number of amides is 1. The largest absolute Gasteiger partial charge is 0.478 e. The van der Waals surface area contributed by atoms with Crippen molar-refractivity contribution in [2.24, 2.45) is 11.1 Å². The van der Waals surface area contributed by atoms with Crippen molar-refractivity contribution in [1.82, 2.24) is 9.97 Å². The molecule has 1 fully saturated rings. The van der Waals surface area contributed by atoms with Gasteiger partial charge in [0.15, 0.2) is 11.0 Å². The number of halogens is 1. The Morgan fingerprint density at radius 3 is 2.90 bits per heavy atom. The summed E-state index contributed by atoms with van der Waals surface area (Å²) in [5.41, 5.74) is 0. The summed E-state index contributed by atoms with van der Waals surface area (Å²) in [6, 6.07) is 0. The van der Waals surface area contributed by atoms with Gasteiger partial charge < -0.3 is 4.74 Å². The number of nitrogens with zero attached hydrogens (tertiary/aromatic N) is 3. The van der Waals surface area contributed by atoms with Crippen molar-refractivity contribution in [2.75, 3.05) is 24.3 Å². The molecule has 1 aromatic rings. The number of aromatic nitrogens is 2. The van der Waals surface area contributed by atoms with Crippen LogP contribution in [-0.4, -0.2) is 43.7 Å². The highest BCUT2D eigenvalue weighted by Gasteiger charge is 2.35. The van der Waals surface area contributed by atoms with Crippen LogP contribution in [0, 0.1) is 5.92 Å². The van der Waals surface area contributed by atoms with Gasteiger partial charge >= 0.3 is 0 Å². The van der Waals surface area contributed by atoms with E-state index in [0.717, 1.165) is 0 Å². The van der Waals surface area contributed by atoms with Crippen LogP contribution in [-0.2, 0) is 14.8 Å². The zero-order chi connectivity index (χ0) is 14.9. The van der Waals surface area contributed by atoms with E-state index >= 15 is 0 Å². The maximum absolute atomic E-state index is 12.0. The molecular formula is C10H13ClN4O4S. The molecule has 1 unspecified atom stereocenters. The molecule has 1 atom stereocenters. The SMILES string of the molecule is COc1nc(Cl)cnc1N1CC(CS(N)(=O)=O)CC1=O. The van der Waals surface area contributed by atoms with Crippen LogP contribution in [0.3, 0.4) is 0 Å². The number of carbonyl (C=O) groups is 1. The van der Waals surface area contributed by atoms with Crippen LogP contribution >= 0.6 is 11.6 Å². The quantitative estimate of drug-likeness (QED) is 0.820. The van der Waals surface area contributed by atoms with E-state index in [1.54, 1.807) is 0 Å². The first-order valence-electron chi connectivity index (χ1n) is 5.67. The average Bonchev–Trinajstić information content (AvgIpc) is 2.67. The summed E-state index contributed by atoms with van der Waals surface area (Å²) < 4.78 is 27.2. The molecule has 1 aliphatic heterocycles. The Labute approximate surface area is 120 Å². The van der Waals surface area contributed by atoms with Crippen molar-refractivity contribution >= 4 is 33.3 Å². The van der Waals surface area contributed by atoms with Gasteiger partial charge in [-0.3, -0.25) is 9.69 Å².